The number of aliphatic hydroxyl groups excluding tert-OH is 1. The maximum absolute atomic E-state index is 12.7. The van der Waals surface area contributed by atoms with E-state index in [0.29, 0.717) is 29.3 Å². The van der Waals surface area contributed by atoms with Gasteiger partial charge in [-0.3, -0.25) is 0 Å². The number of hydrogen-bond acceptors (Lipinski definition) is 5. The zero-order chi connectivity index (χ0) is 21.6. The molecular weight excluding hydrogens is 394 g/mol. The number of phenolic OH excluding ortho intramolecular Hbond substituents is 1. The van der Waals surface area contributed by atoms with Crippen LogP contribution in [0, 0.1) is 0 Å². The maximum Gasteiger partial charge on any atom is 0.410 e. The highest BCUT2D eigenvalue weighted by molar-refractivity contribution is 6.30. The third-order valence-corrected chi connectivity index (χ3v) is 4.43. The van der Waals surface area contributed by atoms with Gasteiger partial charge < -0.3 is 24.6 Å². The quantitative estimate of drug-likeness (QED) is 0.684. The van der Waals surface area contributed by atoms with Crippen LogP contribution in [0.3, 0.4) is 0 Å². The highest BCUT2D eigenvalue weighted by Gasteiger charge is 2.24. The first-order valence-corrected chi connectivity index (χ1v) is 9.74. The second-order valence-corrected chi connectivity index (χ2v) is 8.19. The van der Waals surface area contributed by atoms with Gasteiger partial charge in [-0.25, -0.2) is 4.79 Å². The number of carbonyl (C=O) groups excluding carboxylic acids is 1. The Balaban J connectivity index is 2.15. The SMILES string of the molecule is COc1cc(CCN(C[C@H](O)c2cccc(Cl)c2)C(=O)OC(C)(C)C)ccc1O. The average molecular weight is 422 g/mol. The summed E-state index contributed by atoms with van der Waals surface area (Å²) in [4.78, 5) is 14.2. The molecule has 1 amide bonds. The predicted molar refractivity (Wildman–Crippen MR) is 113 cm³/mol. The molecular formula is C22H28ClNO5. The molecule has 0 aliphatic carbocycles. The number of halogens is 1. The minimum absolute atomic E-state index is 0.0524. The van der Waals surface area contributed by atoms with E-state index in [1.807, 2.05) is 0 Å². The van der Waals surface area contributed by atoms with Crippen molar-refractivity contribution in [3.63, 3.8) is 0 Å². The van der Waals surface area contributed by atoms with Gasteiger partial charge in [-0.15, -0.1) is 0 Å². The Bertz CT molecular complexity index is 834. The van der Waals surface area contributed by atoms with Gasteiger partial charge in [0, 0.05) is 11.6 Å². The zero-order valence-corrected chi connectivity index (χ0v) is 17.9. The lowest BCUT2D eigenvalue weighted by atomic mass is 10.1. The van der Waals surface area contributed by atoms with Crippen LogP contribution < -0.4 is 4.74 Å². The molecule has 0 saturated heterocycles. The number of methoxy groups -OCH3 is 1. The molecule has 0 fully saturated rings. The monoisotopic (exact) mass is 421 g/mol. The van der Waals surface area contributed by atoms with E-state index in [4.69, 9.17) is 21.1 Å². The molecule has 0 heterocycles. The summed E-state index contributed by atoms with van der Waals surface area (Å²) in [6.45, 7) is 5.76. The number of carbonyl (C=O) groups is 1. The molecule has 2 aromatic rings. The van der Waals surface area contributed by atoms with E-state index < -0.39 is 17.8 Å². The van der Waals surface area contributed by atoms with Crippen LogP contribution in [0.4, 0.5) is 4.79 Å². The number of amides is 1. The molecule has 2 aromatic carbocycles. The molecule has 158 valence electrons. The third kappa shape index (κ3) is 7.15. The third-order valence-electron chi connectivity index (χ3n) is 4.19. The van der Waals surface area contributed by atoms with Gasteiger partial charge in [0.2, 0.25) is 0 Å². The van der Waals surface area contributed by atoms with Crippen LogP contribution in [0.1, 0.15) is 38.0 Å². The molecule has 0 saturated carbocycles. The standard InChI is InChI=1S/C22H28ClNO5/c1-22(2,3)29-21(27)24(14-19(26)16-6-5-7-17(23)13-16)11-10-15-8-9-18(25)20(12-15)28-4/h5-9,12-13,19,25-26H,10-11,14H2,1-4H3/t19-/m0/s1. The molecule has 0 aromatic heterocycles. The van der Waals surface area contributed by atoms with E-state index >= 15 is 0 Å². The van der Waals surface area contributed by atoms with Gasteiger partial charge >= 0.3 is 6.09 Å². The predicted octanol–water partition coefficient (Wildman–Crippen LogP) is 4.57. The summed E-state index contributed by atoms with van der Waals surface area (Å²) < 4.78 is 10.6. The van der Waals surface area contributed by atoms with Crippen molar-refractivity contribution in [2.45, 2.75) is 38.9 Å². The Morgan fingerprint density at radius 1 is 1.21 bits per heavy atom. The van der Waals surface area contributed by atoms with Crippen LogP contribution in [0.2, 0.25) is 5.02 Å². The summed E-state index contributed by atoms with van der Waals surface area (Å²) in [6, 6.07) is 11.9. The van der Waals surface area contributed by atoms with Gasteiger partial charge in [-0.2, -0.15) is 0 Å². The first kappa shape index (κ1) is 22.8. The zero-order valence-electron chi connectivity index (χ0n) is 17.2. The first-order chi connectivity index (χ1) is 13.6. The van der Waals surface area contributed by atoms with E-state index in [9.17, 15) is 15.0 Å². The highest BCUT2D eigenvalue weighted by Crippen LogP contribution is 2.27. The Labute approximate surface area is 176 Å². The van der Waals surface area contributed by atoms with Crippen molar-refractivity contribution in [2.24, 2.45) is 0 Å². The summed E-state index contributed by atoms with van der Waals surface area (Å²) in [5.74, 6) is 0.418. The van der Waals surface area contributed by atoms with Gasteiger partial charge in [-0.1, -0.05) is 29.8 Å². The summed E-state index contributed by atoms with van der Waals surface area (Å²) >= 11 is 6.01. The van der Waals surface area contributed by atoms with Crippen molar-refractivity contribution >= 4 is 17.7 Å². The number of benzene rings is 2. The van der Waals surface area contributed by atoms with Crippen molar-refractivity contribution in [1.29, 1.82) is 0 Å². The molecule has 29 heavy (non-hydrogen) atoms. The number of rotatable bonds is 7. The summed E-state index contributed by atoms with van der Waals surface area (Å²) in [7, 11) is 1.48. The topological polar surface area (TPSA) is 79.2 Å². The molecule has 2 N–H and O–H groups in total. The fourth-order valence-electron chi connectivity index (χ4n) is 2.75. The van der Waals surface area contributed by atoms with E-state index in [2.05, 4.69) is 0 Å². The average Bonchev–Trinajstić information content (AvgIpc) is 2.64. The van der Waals surface area contributed by atoms with Crippen LogP contribution >= 0.6 is 11.6 Å². The lowest BCUT2D eigenvalue weighted by Gasteiger charge is -2.29. The molecule has 7 heteroatoms. The lowest BCUT2D eigenvalue weighted by Crippen LogP contribution is -2.40. The van der Waals surface area contributed by atoms with Crippen molar-refractivity contribution < 1.29 is 24.5 Å². The molecule has 0 aliphatic rings. The van der Waals surface area contributed by atoms with Crippen LogP contribution in [0.5, 0.6) is 11.5 Å². The summed E-state index contributed by atoms with van der Waals surface area (Å²) in [5.41, 5.74) is 0.848. The molecule has 0 unspecified atom stereocenters. The van der Waals surface area contributed by atoms with Crippen molar-refractivity contribution in [3.05, 3.63) is 58.6 Å². The largest absolute Gasteiger partial charge is 0.504 e. The fraction of sp³-hybridized carbons (Fsp3) is 0.409. The van der Waals surface area contributed by atoms with E-state index in [0.717, 1.165) is 5.56 Å². The molecule has 0 bridgehead atoms. The Morgan fingerprint density at radius 2 is 1.93 bits per heavy atom. The second-order valence-electron chi connectivity index (χ2n) is 7.75. The Morgan fingerprint density at radius 3 is 2.55 bits per heavy atom. The van der Waals surface area contributed by atoms with E-state index in [1.54, 1.807) is 63.2 Å². The smallest absolute Gasteiger partial charge is 0.410 e. The summed E-state index contributed by atoms with van der Waals surface area (Å²) in [5, 5.41) is 20.9. The summed E-state index contributed by atoms with van der Waals surface area (Å²) in [6.07, 6.45) is -0.919. The maximum atomic E-state index is 12.7. The molecule has 2 rings (SSSR count). The molecule has 0 aliphatic heterocycles. The number of hydrogen-bond donors (Lipinski definition) is 2. The fourth-order valence-corrected chi connectivity index (χ4v) is 2.95. The van der Waals surface area contributed by atoms with Crippen LogP contribution in [-0.2, 0) is 11.2 Å². The number of ether oxygens (including phenoxy) is 2. The van der Waals surface area contributed by atoms with Crippen LogP contribution in [-0.4, -0.2) is 47.0 Å². The highest BCUT2D eigenvalue weighted by atomic mass is 35.5. The van der Waals surface area contributed by atoms with E-state index in [-0.39, 0.29) is 12.3 Å². The van der Waals surface area contributed by atoms with Crippen molar-refractivity contribution in [2.75, 3.05) is 20.2 Å². The van der Waals surface area contributed by atoms with Crippen molar-refractivity contribution in [3.8, 4) is 11.5 Å². The molecule has 6 nitrogen and oxygen atoms in total. The minimum atomic E-state index is -0.907. The first-order valence-electron chi connectivity index (χ1n) is 9.36. The normalized spacial score (nSPS) is 12.3. The van der Waals surface area contributed by atoms with Crippen LogP contribution in [0.15, 0.2) is 42.5 Å². The van der Waals surface area contributed by atoms with Gasteiger partial charge in [0.1, 0.15) is 5.60 Å². The van der Waals surface area contributed by atoms with E-state index in [1.165, 1.54) is 12.0 Å². The van der Waals surface area contributed by atoms with Gasteiger partial charge in [0.15, 0.2) is 11.5 Å². The number of aliphatic hydroxyl groups is 1. The van der Waals surface area contributed by atoms with Crippen LogP contribution in [0.25, 0.3) is 0 Å². The second kappa shape index (κ2) is 9.85. The molecule has 1 atom stereocenters. The van der Waals surface area contributed by atoms with Gasteiger partial charge in [-0.05, 0) is 62.6 Å². The van der Waals surface area contributed by atoms with Gasteiger partial charge in [0.05, 0.1) is 19.8 Å². The number of aromatic hydroxyl groups is 1. The Hall–Kier alpha value is -2.44. The van der Waals surface area contributed by atoms with Gasteiger partial charge in [0.25, 0.3) is 0 Å². The molecule has 0 radical (unpaired) electrons. The lowest BCUT2D eigenvalue weighted by molar-refractivity contribution is 0.0147. The number of phenols is 1. The number of nitrogens with zero attached hydrogens (tertiary/aromatic N) is 1. The minimum Gasteiger partial charge on any atom is -0.504 e. The Kier molecular flexibility index (Phi) is 7.76. The molecule has 0 spiro atoms. The van der Waals surface area contributed by atoms with Crippen molar-refractivity contribution in [1.82, 2.24) is 4.90 Å².